The lowest BCUT2D eigenvalue weighted by Gasteiger charge is -2.33. The van der Waals surface area contributed by atoms with E-state index in [1.165, 1.54) is 0 Å². The molecule has 1 unspecified atom stereocenters. The zero-order valence-electron chi connectivity index (χ0n) is 10.9. The number of benzene rings is 1. The molecule has 1 aromatic carbocycles. The third kappa shape index (κ3) is 3.47. The highest BCUT2D eigenvalue weighted by molar-refractivity contribution is 5.81. The number of nitrogens with two attached hydrogens (primary N) is 1. The van der Waals surface area contributed by atoms with Gasteiger partial charge >= 0.3 is 0 Å². The van der Waals surface area contributed by atoms with Crippen LogP contribution in [0.15, 0.2) is 35.3 Å². The summed E-state index contributed by atoms with van der Waals surface area (Å²) in [5.41, 5.74) is 6.96. The molecule has 0 bridgehead atoms. The van der Waals surface area contributed by atoms with Gasteiger partial charge in [-0.2, -0.15) is 0 Å². The smallest absolute Gasteiger partial charge is 0.196 e. The average Bonchev–Trinajstić information content (AvgIpc) is 2.40. The van der Waals surface area contributed by atoms with Crippen molar-refractivity contribution < 1.29 is 4.74 Å². The van der Waals surface area contributed by atoms with E-state index in [0.717, 1.165) is 38.2 Å². The third-order valence-electron chi connectivity index (χ3n) is 3.10. The van der Waals surface area contributed by atoms with Gasteiger partial charge in [0.1, 0.15) is 0 Å². The number of hydrogen-bond donors (Lipinski definition) is 1. The highest BCUT2D eigenvalue weighted by Gasteiger charge is 2.21. The summed E-state index contributed by atoms with van der Waals surface area (Å²) in [6.45, 7) is 4.59. The standard InChI is InChI=1S/C14H21N3O/c1-2-18-13-9-6-10-17(11-13)14(15)16-12-7-4-3-5-8-12/h3-5,7-8,13H,2,6,9-11H2,1H3,(H2,15,16). The Hall–Kier alpha value is -1.55. The first-order valence-electron chi connectivity index (χ1n) is 6.55. The molecule has 0 aliphatic carbocycles. The zero-order valence-corrected chi connectivity index (χ0v) is 10.9. The van der Waals surface area contributed by atoms with E-state index in [1.54, 1.807) is 0 Å². The fraction of sp³-hybridized carbons (Fsp3) is 0.500. The maximum Gasteiger partial charge on any atom is 0.196 e. The van der Waals surface area contributed by atoms with Gasteiger partial charge in [0.25, 0.3) is 0 Å². The van der Waals surface area contributed by atoms with Gasteiger partial charge in [0, 0.05) is 19.7 Å². The molecule has 4 heteroatoms. The number of ether oxygens (including phenoxy) is 1. The van der Waals surface area contributed by atoms with Crippen LogP contribution in [0.2, 0.25) is 0 Å². The molecule has 0 amide bonds. The van der Waals surface area contributed by atoms with E-state index < -0.39 is 0 Å². The van der Waals surface area contributed by atoms with Crippen molar-refractivity contribution in [2.24, 2.45) is 10.7 Å². The second-order valence-electron chi connectivity index (χ2n) is 4.47. The predicted octanol–water partition coefficient (Wildman–Crippen LogP) is 2.13. The van der Waals surface area contributed by atoms with Gasteiger partial charge in [-0.25, -0.2) is 4.99 Å². The molecular weight excluding hydrogens is 226 g/mol. The summed E-state index contributed by atoms with van der Waals surface area (Å²) >= 11 is 0. The number of likely N-dealkylation sites (tertiary alicyclic amines) is 1. The van der Waals surface area contributed by atoms with Crippen LogP contribution in [0.4, 0.5) is 5.69 Å². The van der Waals surface area contributed by atoms with Gasteiger partial charge in [-0.15, -0.1) is 0 Å². The highest BCUT2D eigenvalue weighted by atomic mass is 16.5. The topological polar surface area (TPSA) is 50.9 Å². The van der Waals surface area contributed by atoms with Gasteiger partial charge < -0.3 is 15.4 Å². The average molecular weight is 247 g/mol. The molecule has 2 rings (SSSR count). The van der Waals surface area contributed by atoms with Crippen molar-refractivity contribution in [1.29, 1.82) is 0 Å². The Morgan fingerprint density at radius 1 is 1.44 bits per heavy atom. The van der Waals surface area contributed by atoms with Gasteiger partial charge in [-0.3, -0.25) is 0 Å². The minimum absolute atomic E-state index is 0.285. The number of rotatable bonds is 3. The molecule has 0 aromatic heterocycles. The number of guanidine groups is 1. The van der Waals surface area contributed by atoms with E-state index in [1.807, 2.05) is 37.3 Å². The van der Waals surface area contributed by atoms with Gasteiger partial charge in [-0.1, -0.05) is 18.2 Å². The molecule has 0 radical (unpaired) electrons. The fourth-order valence-electron chi connectivity index (χ4n) is 2.22. The molecule has 1 aliphatic rings. The first-order valence-corrected chi connectivity index (χ1v) is 6.55. The summed E-state index contributed by atoms with van der Waals surface area (Å²) in [6.07, 6.45) is 2.51. The van der Waals surface area contributed by atoms with Gasteiger partial charge in [0.15, 0.2) is 5.96 Å². The van der Waals surface area contributed by atoms with Crippen molar-refractivity contribution in [3.05, 3.63) is 30.3 Å². The van der Waals surface area contributed by atoms with Crippen LogP contribution in [0.1, 0.15) is 19.8 Å². The molecule has 1 fully saturated rings. The molecule has 1 atom stereocenters. The predicted molar refractivity (Wildman–Crippen MR) is 73.9 cm³/mol. The number of aliphatic imine (C=N–C) groups is 1. The molecule has 1 heterocycles. The molecule has 1 aliphatic heterocycles. The Morgan fingerprint density at radius 3 is 2.94 bits per heavy atom. The van der Waals surface area contributed by atoms with E-state index in [0.29, 0.717) is 5.96 Å². The molecule has 1 aromatic rings. The SMILES string of the molecule is CCOC1CCCN(C(N)=Nc2ccccc2)C1. The van der Waals surface area contributed by atoms with Crippen molar-refractivity contribution in [2.75, 3.05) is 19.7 Å². The van der Waals surface area contributed by atoms with Crippen LogP contribution in [0.5, 0.6) is 0 Å². The molecule has 18 heavy (non-hydrogen) atoms. The summed E-state index contributed by atoms with van der Waals surface area (Å²) in [4.78, 5) is 6.55. The van der Waals surface area contributed by atoms with Crippen LogP contribution in [-0.4, -0.2) is 36.7 Å². The van der Waals surface area contributed by atoms with Crippen molar-refractivity contribution in [3.8, 4) is 0 Å². The van der Waals surface area contributed by atoms with Gasteiger partial charge in [-0.05, 0) is 31.9 Å². The van der Waals surface area contributed by atoms with Crippen molar-refractivity contribution in [2.45, 2.75) is 25.9 Å². The second-order valence-corrected chi connectivity index (χ2v) is 4.47. The lowest BCUT2D eigenvalue weighted by molar-refractivity contribution is 0.0233. The summed E-state index contributed by atoms with van der Waals surface area (Å²) in [5, 5.41) is 0. The first kappa shape index (κ1) is 12.9. The van der Waals surface area contributed by atoms with Crippen LogP contribution in [0.25, 0.3) is 0 Å². The van der Waals surface area contributed by atoms with Gasteiger partial charge in [0.2, 0.25) is 0 Å². The molecule has 0 spiro atoms. The Balaban J connectivity index is 2.00. The number of para-hydroxylation sites is 1. The third-order valence-corrected chi connectivity index (χ3v) is 3.10. The largest absolute Gasteiger partial charge is 0.377 e. The number of hydrogen-bond acceptors (Lipinski definition) is 2. The van der Waals surface area contributed by atoms with Crippen molar-refractivity contribution in [1.82, 2.24) is 4.90 Å². The van der Waals surface area contributed by atoms with Crippen molar-refractivity contribution in [3.63, 3.8) is 0 Å². The quantitative estimate of drug-likeness (QED) is 0.657. The molecule has 0 saturated carbocycles. The maximum absolute atomic E-state index is 6.06. The summed E-state index contributed by atoms with van der Waals surface area (Å²) in [5.74, 6) is 0.589. The van der Waals surface area contributed by atoms with E-state index in [2.05, 4.69) is 9.89 Å². The highest BCUT2D eigenvalue weighted by Crippen LogP contribution is 2.15. The molecule has 4 nitrogen and oxygen atoms in total. The van der Waals surface area contributed by atoms with E-state index in [9.17, 15) is 0 Å². The van der Waals surface area contributed by atoms with E-state index in [-0.39, 0.29) is 6.10 Å². The second kappa shape index (κ2) is 6.40. The fourth-order valence-corrected chi connectivity index (χ4v) is 2.22. The normalized spacial score (nSPS) is 21.1. The Bertz CT molecular complexity index is 389. The minimum Gasteiger partial charge on any atom is -0.377 e. The molecular formula is C14H21N3O. The van der Waals surface area contributed by atoms with Crippen LogP contribution in [0, 0.1) is 0 Å². The number of nitrogens with zero attached hydrogens (tertiary/aromatic N) is 2. The molecule has 1 saturated heterocycles. The zero-order chi connectivity index (χ0) is 12.8. The Kier molecular flexibility index (Phi) is 4.59. The molecule has 2 N–H and O–H groups in total. The Labute approximate surface area is 108 Å². The molecule has 98 valence electrons. The first-order chi connectivity index (χ1) is 8.79. The summed E-state index contributed by atoms with van der Waals surface area (Å²) < 4.78 is 5.66. The van der Waals surface area contributed by atoms with Crippen LogP contribution < -0.4 is 5.73 Å². The summed E-state index contributed by atoms with van der Waals surface area (Å²) in [7, 11) is 0. The Morgan fingerprint density at radius 2 is 2.22 bits per heavy atom. The van der Waals surface area contributed by atoms with Crippen molar-refractivity contribution >= 4 is 11.6 Å². The maximum atomic E-state index is 6.06. The summed E-state index contributed by atoms with van der Waals surface area (Å²) in [6, 6.07) is 9.81. The monoisotopic (exact) mass is 247 g/mol. The van der Waals surface area contributed by atoms with Crippen LogP contribution in [0.3, 0.4) is 0 Å². The van der Waals surface area contributed by atoms with Gasteiger partial charge in [0.05, 0.1) is 11.8 Å². The lowest BCUT2D eigenvalue weighted by Crippen LogP contribution is -2.46. The van der Waals surface area contributed by atoms with Crippen LogP contribution in [-0.2, 0) is 4.74 Å². The van der Waals surface area contributed by atoms with Crippen LogP contribution >= 0.6 is 0 Å². The van der Waals surface area contributed by atoms with E-state index in [4.69, 9.17) is 10.5 Å². The lowest BCUT2D eigenvalue weighted by atomic mass is 10.1. The number of piperidine rings is 1. The minimum atomic E-state index is 0.285. The van der Waals surface area contributed by atoms with E-state index >= 15 is 0 Å².